The first kappa shape index (κ1) is 17.8. The van der Waals surface area contributed by atoms with Gasteiger partial charge in [-0.15, -0.1) is 6.58 Å². The summed E-state index contributed by atoms with van der Waals surface area (Å²) < 4.78 is 0. The zero-order chi connectivity index (χ0) is 17.3. The van der Waals surface area contributed by atoms with E-state index in [1.165, 1.54) is 25.7 Å². The molecule has 24 heavy (non-hydrogen) atoms. The summed E-state index contributed by atoms with van der Waals surface area (Å²) in [4.78, 5) is 0. The largest absolute Gasteiger partial charge is 0.103 e. The molecule has 0 nitrogen and oxygen atoms in total. The summed E-state index contributed by atoms with van der Waals surface area (Å²) in [6, 6.07) is 0. The molecule has 8 unspecified atom stereocenters. The fraction of sp³-hybridized carbons (Fsp3) is 0.667. The van der Waals surface area contributed by atoms with Crippen LogP contribution in [0.5, 0.6) is 0 Å². The van der Waals surface area contributed by atoms with E-state index in [0.29, 0.717) is 5.92 Å². The summed E-state index contributed by atoms with van der Waals surface area (Å²) in [6.45, 7) is 13.2. The summed E-state index contributed by atoms with van der Waals surface area (Å²) in [6.07, 6.45) is 19.7. The second-order valence-corrected chi connectivity index (χ2v) is 8.81. The van der Waals surface area contributed by atoms with Gasteiger partial charge in [-0.05, 0) is 80.0 Å². The standard InChI is InChI=1S/C15H24.C9H12/c1-5-10(2)11(3)12(4)15-9-13-6-7-14(15)8-13;1-2-8-5-7-3-4-9(8)6-7/h5-7,10-15H,1,8-9H2,2-4H3;2-4,7,9H,5-6H2,1H3. The van der Waals surface area contributed by atoms with Crippen molar-refractivity contribution in [2.75, 3.05) is 0 Å². The molecule has 0 saturated heterocycles. The lowest BCUT2D eigenvalue weighted by atomic mass is 9.73. The fourth-order valence-electron chi connectivity index (χ4n) is 5.50. The first-order valence-corrected chi connectivity index (χ1v) is 10.2. The highest BCUT2D eigenvalue weighted by Gasteiger charge is 2.40. The summed E-state index contributed by atoms with van der Waals surface area (Å²) in [5.41, 5.74) is 1.67. The van der Waals surface area contributed by atoms with Gasteiger partial charge in [0.2, 0.25) is 0 Å². The molecule has 0 amide bonds. The summed E-state index contributed by atoms with van der Waals surface area (Å²) in [5.74, 6) is 6.76. The lowest BCUT2D eigenvalue weighted by Gasteiger charge is -2.32. The highest BCUT2D eigenvalue weighted by atomic mass is 14.4. The third-order valence-corrected chi connectivity index (χ3v) is 7.55. The van der Waals surface area contributed by atoms with Gasteiger partial charge in [-0.3, -0.25) is 0 Å². The molecule has 4 rings (SSSR count). The minimum Gasteiger partial charge on any atom is -0.103 e. The normalized spacial score (nSPS) is 40.5. The predicted molar refractivity (Wildman–Crippen MR) is 106 cm³/mol. The van der Waals surface area contributed by atoms with Gasteiger partial charge in [-0.1, -0.05) is 62.8 Å². The Labute approximate surface area is 149 Å². The topological polar surface area (TPSA) is 0 Å². The molecule has 4 aliphatic rings. The Balaban J connectivity index is 0.000000159. The molecule has 0 heterocycles. The second-order valence-electron chi connectivity index (χ2n) is 8.81. The van der Waals surface area contributed by atoms with E-state index < -0.39 is 0 Å². The van der Waals surface area contributed by atoms with E-state index in [1.54, 1.807) is 5.57 Å². The van der Waals surface area contributed by atoms with Crippen LogP contribution in [0, 0.1) is 47.3 Å². The van der Waals surface area contributed by atoms with Crippen LogP contribution in [0.15, 0.2) is 48.6 Å². The molecule has 132 valence electrons. The fourth-order valence-corrected chi connectivity index (χ4v) is 5.50. The maximum atomic E-state index is 3.92. The van der Waals surface area contributed by atoms with Gasteiger partial charge < -0.3 is 0 Å². The van der Waals surface area contributed by atoms with E-state index in [1.807, 2.05) is 0 Å². The van der Waals surface area contributed by atoms with Crippen molar-refractivity contribution in [2.45, 2.75) is 53.4 Å². The molecule has 0 aromatic rings. The molecule has 2 fully saturated rings. The van der Waals surface area contributed by atoms with Crippen LogP contribution in [-0.2, 0) is 0 Å². The Morgan fingerprint density at radius 3 is 2.17 bits per heavy atom. The molecule has 0 aliphatic heterocycles. The van der Waals surface area contributed by atoms with Crippen LogP contribution in [0.1, 0.15) is 53.4 Å². The van der Waals surface area contributed by atoms with Crippen molar-refractivity contribution < 1.29 is 0 Å². The van der Waals surface area contributed by atoms with Gasteiger partial charge in [-0.25, -0.2) is 0 Å². The van der Waals surface area contributed by atoms with Crippen LogP contribution >= 0.6 is 0 Å². The molecule has 0 heteroatoms. The van der Waals surface area contributed by atoms with Crippen molar-refractivity contribution in [3.63, 3.8) is 0 Å². The van der Waals surface area contributed by atoms with Gasteiger partial charge in [0.15, 0.2) is 0 Å². The van der Waals surface area contributed by atoms with Crippen molar-refractivity contribution in [3.05, 3.63) is 48.6 Å². The van der Waals surface area contributed by atoms with Crippen molar-refractivity contribution >= 4 is 0 Å². The van der Waals surface area contributed by atoms with Crippen molar-refractivity contribution in [1.29, 1.82) is 0 Å². The van der Waals surface area contributed by atoms with Crippen LogP contribution in [0.2, 0.25) is 0 Å². The van der Waals surface area contributed by atoms with Crippen LogP contribution in [0.25, 0.3) is 0 Å². The monoisotopic (exact) mass is 324 g/mol. The van der Waals surface area contributed by atoms with Crippen molar-refractivity contribution in [1.82, 2.24) is 0 Å². The Morgan fingerprint density at radius 2 is 1.75 bits per heavy atom. The quantitative estimate of drug-likeness (QED) is 0.498. The van der Waals surface area contributed by atoms with Crippen LogP contribution in [-0.4, -0.2) is 0 Å². The third-order valence-electron chi connectivity index (χ3n) is 7.55. The van der Waals surface area contributed by atoms with E-state index in [-0.39, 0.29) is 0 Å². The van der Waals surface area contributed by atoms with Gasteiger partial charge in [0.1, 0.15) is 0 Å². The zero-order valence-corrected chi connectivity index (χ0v) is 16.1. The van der Waals surface area contributed by atoms with E-state index in [4.69, 9.17) is 0 Å². The van der Waals surface area contributed by atoms with Crippen molar-refractivity contribution in [2.24, 2.45) is 47.3 Å². The van der Waals surface area contributed by atoms with Crippen LogP contribution in [0.4, 0.5) is 0 Å². The molecule has 0 spiro atoms. The summed E-state index contributed by atoms with van der Waals surface area (Å²) in [7, 11) is 0. The van der Waals surface area contributed by atoms with E-state index in [9.17, 15) is 0 Å². The Bertz CT molecular complexity index is 534. The minimum absolute atomic E-state index is 0.656. The van der Waals surface area contributed by atoms with Gasteiger partial charge in [-0.2, -0.15) is 0 Å². The predicted octanol–water partition coefficient (Wildman–Crippen LogP) is 6.82. The second kappa shape index (κ2) is 7.46. The highest BCUT2D eigenvalue weighted by Crippen LogP contribution is 2.49. The number of hydrogen-bond acceptors (Lipinski definition) is 0. The first-order chi connectivity index (χ1) is 11.5. The van der Waals surface area contributed by atoms with E-state index >= 15 is 0 Å². The molecular weight excluding hydrogens is 288 g/mol. The number of fused-ring (bicyclic) bond motifs is 4. The lowest BCUT2D eigenvalue weighted by molar-refractivity contribution is 0.199. The number of hydrogen-bond donors (Lipinski definition) is 0. The molecule has 4 bridgehead atoms. The smallest absolute Gasteiger partial charge is 0.00174 e. The van der Waals surface area contributed by atoms with Crippen LogP contribution < -0.4 is 0 Å². The first-order valence-electron chi connectivity index (χ1n) is 10.2. The van der Waals surface area contributed by atoms with Crippen molar-refractivity contribution in [3.8, 4) is 0 Å². The Hall–Kier alpha value is -1.04. The molecule has 2 saturated carbocycles. The maximum absolute atomic E-state index is 3.92. The number of rotatable bonds is 4. The highest BCUT2D eigenvalue weighted by molar-refractivity contribution is 5.26. The third kappa shape index (κ3) is 3.48. The molecule has 4 aliphatic carbocycles. The van der Waals surface area contributed by atoms with Gasteiger partial charge in [0.05, 0.1) is 0 Å². The van der Waals surface area contributed by atoms with E-state index in [2.05, 4.69) is 70.7 Å². The minimum atomic E-state index is 0.656. The molecule has 0 radical (unpaired) electrons. The van der Waals surface area contributed by atoms with Gasteiger partial charge >= 0.3 is 0 Å². The van der Waals surface area contributed by atoms with Gasteiger partial charge in [0.25, 0.3) is 0 Å². The Morgan fingerprint density at radius 1 is 1.00 bits per heavy atom. The van der Waals surface area contributed by atoms with Gasteiger partial charge in [0, 0.05) is 0 Å². The SMILES string of the molecule is C=CC(C)C(C)C(C)C1CC2C=CC1C2.CC=C1CC2C=CC1C2. The molecule has 8 atom stereocenters. The summed E-state index contributed by atoms with van der Waals surface area (Å²) >= 11 is 0. The maximum Gasteiger partial charge on any atom is -0.00174 e. The molecule has 0 aromatic carbocycles. The van der Waals surface area contributed by atoms with Crippen LogP contribution in [0.3, 0.4) is 0 Å². The molecule has 0 N–H and O–H groups in total. The number of allylic oxidation sites excluding steroid dienone is 7. The van der Waals surface area contributed by atoms with E-state index in [0.717, 1.165) is 41.4 Å². The lowest BCUT2D eigenvalue weighted by Crippen LogP contribution is -2.25. The molecular formula is C24H36. The Kier molecular flexibility index (Phi) is 5.52. The molecule has 0 aromatic heterocycles. The average molecular weight is 325 g/mol. The average Bonchev–Trinajstić information content (AvgIpc) is 3.40. The zero-order valence-electron chi connectivity index (χ0n) is 16.1. The summed E-state index contributed by atoms with van der Waals surface area (Å²) in [5, 5.41) is 0.